The molecule has 1 heterocycles. The minimum Gasteiger partial charge on any atom is -0.417 e. The Balaban J connectivity index is 2.33. The van der Waals surface area contributed by atoms with E-state index >= 15 is 0 Å². The minimum absolute atomic E-state index is 0.196. The summed E-state index contributed by atoms with van der Waals surface area (Å²) in [6, 6.07) is 0. The molecule has 0 aromatic rings. The topological polar surface area (TPSA) is 38.7 Å². The van der Waals surface area contributed by atoms with E-state index in [9.17, 15) is 5.11 Å². The normalized spacial score (nSPS) is 25.0. The Morgan fingerprint density at radius 1 is 1.32 bits per heavy atom. The molecule has 0 spiro atoms. The molecule has 1 aliphatic heterocycles. The summed E-state index contributed by atoms with van der Waals surface area (Å²) in [7, 11) is -1.65. The van der Waals surface area contributed by atoms with Crippen LogP contribution < -0.4 is 0 Å². The number of hydrogen-bond donors (Lipinski definition) is 1. The fraction of sp³-hybridized carbons (Fsp3) is 0.889. The van der Waals surface area contributed by atoms with Crippen molar-refractivity contribution in [1.82, 2.24) is 0 Å². The molecule has 3 atom stereocenters. The van der Waals surface area contributed by atoms with Crippen LogP contribution in [-0.2, 0) is 9.16 Å². The zero-order valence-electron chi connectivity index (χ0n) is 15.2. The average Bonchev–Trinajstić information content (AvgIpc) is 2.37. The maximum Gasteiger partial charge on any atom is 0.191 e. The Kier molecular flexibility index (Phi) is 7.79. The number of rotatable bonds is 8. The molecule has 3 nitrogen and oxygen atoms in total. The van der Waals surface area contributed by atoms with Crippen molar-refractivity contribution in [3.63, 3.8) is 0 Å². The van der Waals surface area contributed by atoms with E-state index in [4.69, 9.17) is 9.16 Å². The van der Waals surface area contributed by atoms with Gasteiger partial charge in [0.25, 0.3) is 0 Å². The molecule has 1 fully saturated rings. The molecule has 0 unspecified atom stereocenters. The predicted octanol–water partition coefficient (Wildman–Crippen LogP) is 4.66. The highest BCUT2D eigenvalue weighted by atomic mass is 28.4. The van der Waals surface area contributed by atoms with Gasteiger partial charge >= 0.3 is 0 Å². The van der Waals surface area contributed by atoms with Gasteiger partial charge in [-0.1, -0.05) is 26.8 Å². The van der Waals surface area contributed by atoms with Crippen molar-refractivity contribution in [2.24, 2.45) is 0 Å². The van der Waals surface area contributed by atoms with Crippen molar-refractivity contribution >= 4 is 8.32 Å². The zero-order valence-corrected chi connectivity index (χ0v) is 16.2. The van der Waals surface area contributed by atoms with Gasteiger partial charge in [-0.2, -0.15) is 0 Å². The van der Waals surface area contributed by atoms with Crippen LogP contribution in [0.3, 0.4) is 0 Å². The van der Waals surface area contributed by atoms with Crippen LogP contribution in [0.15, 0.2) is 12.7 Å². The van der Waals surface area contributed by atoms with Crippen LogP contribution in [0.2, 0.25) is 18.1 Å². The second-order valence-corrected chi connectivity index (χ2v) is 12.9. The van der Waals surface area contributed by atoms with E-state index in [-0.39, 0.29) is 17.2 Å². The van der Waals surface area contributed by atoms with Crippen molar-refractivity contribution in [2.45, 2.75) is 95.7 Å². The lowest BCUT2D eigenvalue weighted by atomic mass is 9.97. The monoisotopic (exact) mass is 328 g/mol. The average molecular weight is 329 g/mol. The van der Waals surface area contributed by atoms with E-state index in [1.165, 1.54) is 6.42 Å². The standard InChI is InChI=1S/C18H36O3Si/c1-7-9-15(19)14-17-11-8-10-16(21-17)12-13-20-22(5,6)18(2,3)4/h7,15-17,19H,1,8-14H2,2-6H3/t15-,16+,17-/m0/s1. The van der Waals surface area contributed by atoms with Gasteiger partial charge in [0.2, 0.25) is 0 Å². The fourth-order valence-corrected chi connectivity index (χ4v) is 3.68. The highest BCUT2D eigenvalue weighted by Crippen LogP contribution is 2.36. The molecule has 0 aromatic carbocycles. The van der Waals surface area contributed by atoms with Crippen LogP contribution in [-0.4, -0.2) is 38.3 Å². The van der Waals surface area contributed by atoms with Gasteiger partial charge in [-0.15, -0.1) is 6.58 Å². The van der Waals surface area contributed by atoms with Gasteiger partial charge in [0, 0.05) is 6.61 Å². The second kappa shape index (κ2) is 8.62. The Morgan fingerprint density at radius 3 is 2.55 bits per heavy atom. The third kappa shape index (κ3) is 6.53. The van der Waals surface area contributed by atoms with E-state index in [1.807, 2.05) is 0 Å². The van der Waals surface area contributed by atoms with Crippen LogP contribution >= 0.6 is 0 Å². The van der Waals surface area contributed by atoms with Gasteiger partial charge in [-0.25, -0.2) is 0 Å². The Bertz CT molecular complexity index is 336. The SMILES string of the molecule is C=CC[C@H](O)C[C@@H]1CCC[C@H](CCO[Si](C)(C)C(C)(C)C)O1. The number of ether oxygens (including phenoxy) is 1. The summed E-state index contributed by atoms with van der Waals surface area (Å²) in [4.78, 5) is 0. The first-order valence-electron chi connectivity index (χ1n) is 8.74. The van der Waals surface area contributed by atoms with Crippen LogP contribution in [0.1, 0.15) is 59.3 Å². The van der Waals surface area contributed by atoms with Crippen molar-refractivity contribution < 1.29 is 14.3 Å². The Hall–Kier alpha value is -0.163. The summed E-state index contributed by atoms with van der Waals surface area (Å²) in [6.45, 7) is 15.9. The van der Waals surface area contributed by atoms with Gasteiger partial charge in [0.05, 0.1) is 18.3 Å². The first-order chi connectivity index (χ1) is 10.2. The van der Waals surface area contributed by atoms with Crippen LogP contribution in [0.5, 0.6) is 0 Å². The van der Waals surface area contributed by atoms with Crippen molar-refractivity contribution in [3.8, 4) is 0 Å². The number of hydrogen-bond acceptors (Lipinski definition) is 3. The maximum absolute atomic E-state index is 9.89. The molecule has 130 valence electrons. The van der Waals surface area contributed by atoms with E-state index in [0.29, 0.717) is 12.5 Å². The fourth-order valence-electron chi connectivity index (χ4n) is 2.62. The Morgan fingerprint density at radius 2 is 1.95 bits per heavy atom. The first kappa shape index (κ1) is 19.9. The number of aliphatic hydroxyl groups is 1. The molecule has 1 N–H and O–H groups in total. The van der Waals surface area contributed by atoms with Crippen molar-refractivity contribution in [2.75, 3.05) is 6.61 Å². The van der Waals surface area contributed by atoms with E-state index in [0.717, 1.165) is 32.3 Å². The maximum atomic E-state index is 9.89. The van der Waals surface area contributed by atoms with E-state index in [1.54, 1.807) is 6.08 Å². The van der Waals surface area contributed by atoms with Gasteiger partial charge in [-0.3, -0.25) is 0 Å². The lowest BCUT2D eigenvalue weighted by Gasteiger charge is -2.37. The van der Waals surface area contributed by atoms with Gasteiger partial charge in [-0.05, 0) is 56.7 Å². The molecular weight excluding hydrogens is 292 g/mol. The molecule has 1 saturated heterocycles. The molecule has 1 rings (SSSR count). The minimum atomic E-state index is -1.65. The summed E-state index contributed by atoms with van der Waals surface area (Å²) >= 11 is 0. The van der Waals surface area contributed by atoms with Crippen molar-refractivity contribution in [3.05, 3.63) is 12.7 Å². The molecule has 0 saturated carbocycles. The predicted molar refractivity (Wildman–Crippen MR) is 95.7 cm³/mol. The van der Waals surface area contributed by atoms with Crippen LogP contribution in [0, 0.1) is 0 Å². The van der Waals surface area contributed by atoms with Gasteiger partial charge in [0.1, 0.15) is 0 Å². The Labute approximate surface area is 138 Å². The van der Waals surface area contributed by atoms with Crippen molar-refractivity contribution in [1.29, 1.82) is 0 Å². The lowest BCUT2D eigenvalue weighted by Crippen LogP contribution is -2.41. The zero-order chi connectivity index (χ0) is 16.8. The van der Waals surface area contributed by atoms with Crippen LogP contribution in [0.4, 0.5) is 0 Å². The summed E-state index contributed by atoms with van der Waals surface area (Å²) in [5, 5.41) is 10.2. The molecule has 0 aliphatic carbocycles. The van der Waals surface area contributed by atoms with E-state index in [2.05, 4.69) is 40.4 Å². The van der Waals surface area contributed by atoms with Gasteiger partial charge < -0.3 is 14.3 Å². The quantitative estimate of drug-likeness (QED) is 0.520. The molecule has 0 amide bonds. The third-order valence-electron chi connectivity index (χ3n) is 5.12. The summed E-state index contributed by atoms with van der Waals surface area (Å²) < 4.78 is 12.4. The van der Waals surface area contributed by atoms with Gasteiger partial charge in [0.15, 0.2) is 8.32 Å². The molecular formula is C18H36O3Si. The van der Waals surface area contributed by atoms with E-state index < -0.39 is 8.32 Å². The number of aliphatic hydroxyl groups excluding tert-OH is 1. The summed E-state index contributed by atoms with van der Waals surface area (Å²) in [5.41, 5.74) is 0. The molecule has 0 aromatic heterocycles. The largest absolute Gasteiger partial charge is 0.417 e. The highest BCUT2D eigenvalue weighted by molar-refractivity contribution is 6.74. The second-order valence-electron chi connectivity index (χ2n) is 8.12. The molecule has 1 aliphatic rings. The third-order valence-corrected chi connectivity index (χ3v) is 9.66. The highest BCUT2D eigenvalue weighted by Gasteiger charge is 2.37. The summed E-state index contributed by atoms with van der Waals surface area (Å²) in [5.74, 6) is 0. The molecule has 0 bridgehead atoms. The first-order valence-corrected chi connectivity index (χ1v) is 11.6. The summed E-state index contributed by atoms with van der Waals surface area (Å²) in [6.07, 6.45) is 7.67. The smallest absolute Gasteiger partial charge is 0.191 e. The molecule has 0 radical (unpaired) electrons. The molecule has 4 heteroatoms. The molecule has 22 heavy (non-hydrogen) atoms. The van der Waals surface area contributed by atoms with Crippen LogP contribution in [0.25, 0.3) is 0 Å². The lowest BCUT2D eigenvalue weighted by molar-refractivity contribution is -0.0745.